The Kier molecular flexibility index (Phi) is 3.13. The van der Waals surface area contributed by atoms with E-state index in [2.05, 4.69) is 6.92 Å². The molecule has 0 aromatic carbocycles. The molecule has 0 radical (unpaired) electrons. The molecule has 0 bridgehead atoms. The first kappa shape index (κ1) is 10.4. The highest BCUT2D eigenvalue weighted by molar-refractivity contribution is 4.88. The standard InChI is InChI=1S/C12H23NO/c1-12(6-4-10(13)9-12)7-5-11-3-2-8-14-11/h10-11H,2-9,13H2,1H3. The van der Waals surface area contributed by atoms with Crippen molar-refractivity contribution in [3.63, 3.8) is 0 Å². The van der Waals surface area contributed by atoms with E-state index in [-0.39, 0.29) is 0 Å². The van der Waals surface area contributed by atoms with Crippen LogP contribution in [-0.4, -0.2) is 18.8 Å². The number of nitrogens with two attached hydrogens (primary N) is 1. The van der Waals surface area contributed by atoms with Crippen molar-refractivity contribution in [2.24, 2.45) is 11.1 Å². The van der Waals surface area contributed by atoms with Crippen molar-refractivity contribution in [1.29, 1.82) is 0 Å². The minimum atomic E-state index is 0.462. The molecule has 1 aliphatic heterocycles. The highest BCUT2D eigenvalue weighted by Gasteiger charge is 2.33. The molecule has 14 heavy (non-hydrogen) atoms. The lowest BCUT2D eigenvalue weighted by Gasteiger charge is -2.25. The molecule has 0 aromatic rings. The number of ether oxygens (including phenoxy) is 1. The van der Waals surface area contributed by atoms with Crippen molar-refractivity contribution in [3.05, 3.63) is 0 Å². The van der Waals surface area contributed by atoms with Gasteiger partial charge in [-0.15, -0.1) is 0 Å². The van der Waals surface area contributed by atoms with Gasteiger partial charge >= 0.3 is 0 Å². The molecule has 2 heteroatoms. The molecule has 3 unspecified atom stereocenters. The van der Waals surface area contributed by atoms with Crippen molar-refractivity contribution in [2.45, 2.75) is 64.0 Å². The van der Waals surface area contributed by atoms with Gasteiger partial charge in [0, 0.05) is 12.6 Å². The molecule has 0 aromatic heterocycles. The third kappa shape index (κ3) is 2.48. The molecule has 0 spiro atoms. The zero-order valence-corrected chi connectivity index (χ0v) is 9.30. The first-order valence-corrected chi connectivity index (χ1v) is 6.05. The van der Waals surface area contributed by atoms with Gasteiger partial charge in [0.05, 0.1) is 6.10 Å². The summed E-state index contributed by atoms with van der Waals surface area (Å²) in [7, 11) is 0. The van der Waals surface area contributed by atoms with Gasteiger partial charge in [-0.2, -0.15) is 0 Å². The second kappa shape index (κ2) is 4.19. The van der Waals surface area contributed by atoms with E-state index in [0.29, 0.717) is 17.6 Å². The predicted molar refractivity (Wildman–Crippen MR) is 58.1 cm³/mol. The lowest BCUT2D eigenvalue weighted by molar-refractivity contribution is 0.0900. The van der Waals surface area contributed by atoms with Crippen molar-refractivity contribution >= 4 is 0 Å². The molecular weight excluding hydrogens is 174 g/mol. The molecule has 2 fully saturated rings. The molecule has 1 saturated heterocycles. The predicted octanol–water partition coefficient (Wildman–Crippen LogP) is 2.46. The molecule has 1 aliphatic carbocycles. The molecule has 2 rings (SSSR count). The number of hydrogen-bond acceptors (Lipinski definition) is 2. The third-order valence-corrected chi connectivity index (χ3v) is 3.97. The fourth-order valence-corrected chi connectivity index (χ4v) is 2.98. The summed E-state index contributed by atoms with van der Waals surface area (Å²) >= 11 is 0. The normalized spacial score (nSPS) is 43.3. The maximum Gasteiger partial charge on any atom is 0.0576 e. The van der Waals surface area contributed by atoms with E-state index >= 15 is 0 Å². The lowest BCUT2D eigenvalue weighted by atomic mass is 9.82. The highest BCUT2D eigenvalue weighted by Crippen LogP contribution is 2.41. The first-order valence-electron chi connectivity index (χ1n) is 6.05. The summed E-state index contributed by atoms with van der Waals surface area (Å²) in [6.07, 6.45) is 9.43. The molecule has 1 saturated carbocycles. The summed E-state index contributed by atoms with van der Waals surface area (Å²) in [5, 5.41) is 0. The molecule has 2 nitrogen and oxygen atoms in total. The van der Waals surface area contributed by atoms with E-state index in [0.717, 1.165) is 6.61 Å². The molecule has 2 aliphatic rings. The van der Waals surface area contributed by atoms with E-state index in [1.165, 1.54) is 44.9 Å². The van der Waals surface area contributed by atoms with E-state index in [1.54, 1.807) is 0 Å². The summed E-state index contributed by atoms with van der Waals surface area (Å²) in [6.45, 7) is 3.38. The fourth-order valence-electron chi connectivity index (χ4n) is 2.98. The number of rotatable bonds is 3. The van der Waals surface area contributed by atoms with Gasteiger partial charge in [-0.05, 0) is 50.4 Å². The maximum absolute atomic E-state index is 5.96. The van der Waals surface area contributed by atoms with Crippen LogP contribution in [0.3, 0.4) is 0 Å². The number of hydrogen-bond donors (Lipinski definition) is 1. The zero-order valence-electron chi connectivity index (χ0n) is 9.30. The van der Waals surface area contributed by atoms with Crippen LogP contribution in [0.5, 0.6) is 0 Å². The Morgan fingerprint density at radius 2 is 2.29 bits per heavy atom. The quantitative estimate of drug-likeness (QED) is 0.754. The van der Waals surface area contributed by atoms with Crippen LogP contribution in [0.4, 0.5) is 0 Å². The van der Waals surface area contributed by atoms with Crippen LogP contribution in [-0.2, 0) is 4.74 Å². The van der Waals surface area contributed by atoms with Crippen molar-refractivity contribution in [2.75, 3.05) is 6.61 Å². The van der Waals surface area contributed by atoms with E-state index in [1.807, 2.05) is 0 Å². The fraction of sp³-hybridized carbons (Fsp3) is 1.00. The molecule has 0 amide bonds. The van der Waals surface area contributed by atoms with Crippen molar-refractivity contribution < 1.29 is 4.74 Å². The average Bonchev–Trinajstić information content (AvgIpc) is 2.73. The van der Waals surface area contributed by atoms with Gasteiger partial charge in [0.15, 0.2) is 0 Å². The second-order valence-corrected chi connectivity index (χ2v) is 5.49. The lowest BCUT2D eigenvalue weighted by Crippen LogP contribution is -2.20. The van der Waals surface area contributed by atoms with Gasteiger partial charge in [0.2, 0.25) is 0 Å². The largest absolute Gasteiger partial charge is 0.378 e. The molecular formula is C12H23NO. The van der Waals surface area contributed by atoms with E-state index in [4.69, 9.17) is 10.5 Å². The van der Waals surface area contributed by atoms with Crippen LogP contribution in [0.2, 0.25) is 0 Å². The van der Waals surface area contributed by atoms with Gasteiger partial charge in [-0.25, -0.2) is 0 Å². The summed E-state index contributed by atoms with van der Waals surface area (Å²) in [5.41, 5.74) is 6.48. The zero-order chi connectivity index (χ0) is 10.0. The minimum absolute atomic E-state index is 0.462. The van der Waals surface area contributed by atoms with Gasteiger partial charge in [-0.3, -0.25) is 0 Å². The monoisotopic (exact) mass is 197 g/mol. The van der Waals surface area contributed by atoms with Crippen LogP contribution < -0.4 is 5.73 Å². The van der Waals surface area contributed by atoms with Crippen molar-refractivity contribution in [1.82, 2.24) is 0 Å². The molecule has 3 atom stereocenters. The topological polar surface area (TPSA) is 35.2 Å². The summed E-state index contributed by atoms with van der Waals surface area (Å²) in [4.78, 5) is 0. The Balaban J connectivity index is 1.73. The summed E-state index contributed by atoms with van der Waals surface area (Å²) < 4.78 is 5.65. The van der Waals surface area contributed by atoms with Crippen LogP contribution in [0.25, 0.3) is 0 Å². The smallest absolute Gasteiger partial charge is 0.0576 e. The van der Waals surface area contributed by atoms with Crippen LogP contribution in [0, 0.1) is 5.41 Å². The van der Waals surface area contributed by atoms with Crippen molar-refractivity contribution in [3.8, 4) is 0 Å². The van der Waals surface area contributed by atoms with Crippen LogP contribution in [0.1, 0.15) is 51.9 Å². The first-order chi connectivity index (χ1) is 6.68. The average molecular weight is 197 g/mol. The Bertz CT molecular complexity index is 189. The summed E-state index contributed by atoms with van der Waals surface area (Å²) in [6, 6.07) is 0.462. The Hall–Kier alpha value is -0.0800. The SMILES string of the molecule is CC1(CCC2CCCO2)CCC(N)C1. The van der Waals surface area contributed by atoms with Crippen LogP contribution in [0.15, 0.2) is 0 Å². The van der Waals surface area contributed by atoms with Crippen LogP contribution >= 0.6 is 0 Å². The minimum Gasteiger partial charge on any atom is -0.378 e. The molecule has 2 N–H and O–H groups in total. The molecule has 1 heterocycles. The van der Waals surface area contributed by atoms with E-state index in [9.17, 15) is 0 Å². The Morgan fingerprint density at radius 3 is 2.86 bits per heavy atom. The maximum atomic E-state index is 5.96. The van der Waals surface area contributed by atoms with Gasteiger partial charge in [0.25, 0.3) is 0 Å². The third-order valence-electron chi connectivity index (χ3n) is 3.97. The summed E-state index contributed by atoms with van der Waals surface area (Å²) in [5.74, 6) is 0. The Labute approximate surface area is 87.2 Å². The Morgan fingerprint density at radius 1 is 1.43 bits per heavy atom. The van der Waals surface area contributed by atoms with Gasteiger partial charge in [0.1, 0.15) is 0 Å². The molecule has 82 valence electrons. The second-order valence-electron chi connectivity index (χ2n) is 5.49. The van der Waals surface area contributed by atoms with Gasteiger partial charge in [-0.1, -0.05) is 6.92 Å². The highest BCUT2D eigenvalue weighted by atomic mass is 16.5. The van der Waals surface area contributed by atoms with E-state index < -0.39 is 0 Å². The van der Waals surface area contributed by atoms with Gasteiger partial charge < -0.3 is 10.5 Å².